The van der Waals surface area contributed by atoms with E-state index in [1.54, 1.807) is 17.8 Å². The summed E-state index contributed by atoms with van der Waals surface area (Å²) in [4.78, 5) is 11.9. The molecule has 1 heterocycles. The number of aryl methyl sites for hydroxylation is 2. The minimum Gasteiger partial charge on any atom is -0.462 e. The van der Waals surface area contributed by atoms with Crippen LogP contribution in [0.25, 0.3) is 0 Å². The first-order valence-corrected chi connectivity index (χ1v) is 7.16. The molecule has 0 aliphatic carbocycles. The van der Waals surface area contributed by atoms with Crippen LogP contribution in [0.5, 0.6) is 0 Å². The number of esters is 1. The molecule has 0 saturated carbocycles. The van der Waals surface area contributed by atoms with E-state index < -0.39 is 0 Å². The lowest BCUT2D eigenvalue weighted by atomic mass is 10.1. The predicted octanol–water partition coefficient (Wildman–Crippen LogP) is 2.77. The molecular weight excluding hydrogens is 266 g/mol. The molecule has 2 rings (SSSR count). The Hall–Kier alpha value is -2.30. The van der Waals surface area contributed by atoms with Crippen molar-refractivity contribution in [1.29, 1.82) is 0 Å². The molecule has 0 radical (unpaired) electrons. The predicted molar refractivity (Wildman–Crippen MR) is 82.3 cm³/mol. The van der Waals surface area contributed by atoms with Crippen LogP contribution in [0.15, 0.2) is 30.5 Å². The third-order valence-corrected chi connectivity index (χ3v) is 3.35. The second kappa shape index (κ2) is 6.92. The summed E-state index contributed by atoms with van der Waals surface area (Å²) in [6.45, 7) is 4.80. The topological polar surface area (TPSA) is 56.1 Å². The van der Waals surface area contributed by atoms with E-state index in [1.807, 2.05) is 19.2 Å². The molecule has 0 fully saturated rings. The van der Waals surface area contributed by atoms with E-state index in [-0.39, 0.29) is 5.97 Å². The molecule has 0 unspecified atom stereocenters. The summed E-state index contributed by atoms with van der Waals surface area (Å²) >= 11 is 0. The van der Waals surface area contributed by atoms with Crippen LogP contribution in [0.1, 0.15) is 35.5 Å². The second-order valence-electron chi connectivity index (χ2n) is 4.76. The Morgan fingerprint density at radius 2 is 2.19 bits per heavy atom. The van der Waals surface area contributed by atoms with E-state index in [0.29, 0.717) is 18.7 Å². The van der Waals surface area contributed by atoms with Crippen LogP contribution in [-0.4, -0.2) is 22.4 Å². The first-order chi connectivity index (χ1) is 10.2. The molecule has 0 atom stereocenters. The van der Waals surface area contributed by atoms with Crippen molar-refractivity contribution in [3.63, 3.8) is 0 Å². The van der Waals surface area contributed by atoms with Crippen LogP contribution in [-0.2, 0) is 24.8 Å². The molecule has 2 aromatic rings. The highest BCUT2D eigenvalue weighted by Gasteiger charge is 2.16. The number of carbonyl (C=O) groups is 1. The Balaban J connectivity index is 2.12. The quantitative estimate of drug-likeness (QED) is 0.830. The van der Waals surface area contributed by atoms with Crippen molar-refractivity contribution in [1.82, 2.24) is 9.78 Å². The van der Waals surface area contributed by atoms with Gasteiger partial charge in [0.05, 0.1) is 25.0 Å². The molecule has 0 saturated heterocycles. The smallest absolute Gasteiger partial charge is 0.341 e. The fraction of sp³-hybridized carbons (Fsp3) is 0.375. The van der Waals surface area contributed by atoms with Gasteiger partial charge in [-0.15, -0.1) is 0 Å². The summed E-state index contributed by atoms with van der Waals surface area (Å²) in [6.07, 6.45) is 2.55. The maximum atomic E-state index is 11.9. The van der Waals surface area contributed by atoms with Gasteiger partial charge < -0.3 is 10.1 Å². The Morgan fingerprint density at radius 3 is 2.90 bits per heavy atom. The molecule has 112 valence electrons. The molecule has 21 heavy (non-hydrogen) atoms. The maximum absolute atomic E-state index is 11.9. The average Bonchev–Trinajstić information content (AvgIpc) is 2.86. The Kier molecular flexibility index (Phi) is 4.98. The van der Waals surface area contributed by atoms with Gasteiger partial charge in [0.2, 0.25) is 0 Å². The summed E-state index contributed by atoms with van der Waals surface area (Å²) in [5.74, 6) is -0.329. The van der Waals surface area contributed by atoms with E-state index in [4.69, 9.17) is 4.74 Å². The van der Waals surface area contributed by atoms with E-state index in [0.717, 1.165) is 17.8 Å². The summed E-state index contributed by atoms with van der Waals surface area (Å²) in [7, 11) is 1.82. The van der Waals surface area contributed by atoms with Crippen molar-refractivity contribution in [2.45, 2.75) is 26.8 Å². The number of hydrogen-bond donors (Lipinski definition) is 1. The van der Waals surface area contributed by atoms with E-state index in [2.05, 4.69) is 29.5 Å². The zero-order valence-electron chi connectivity index (χ0n) is 12.7. The lowest BCUT2D eigenvalue weighted by Crippen LogP contribution is -2.12. The van der Waals surface area contributed by atoms with Gasteiger partial charge in [-0.3, -0.25) is 4.68 Å². The number of nitrogens with zero attached hydrogens (tertiary/aromatic N) is 2. The van der Waals surface area contributed by atoms with Crippen molar-refractivity contribution >= 4 is 11.7 Å². The lowest BCUT2D eigenvalue weighted by molar-refractivity contribution is 0.0525. The largest absolute Gasteiger partial charge is 0.462 e. The zero-order chi connectivity index (χ0) is 15.2. The third-order valence-electron chi connectivity index (χ3n) is 3.35. The number of carbonyl (C=O) groups excluding carboxylic acids is 1. The van der Waals surface area contributed by atoms with Gasteiger partial charge >= 0.3 is 5.97 Å². The van der Waals surface area contributed by atoms with Crippen LogP contribution in [0, 0.1) is 0 Å². The van der Waals surface area contributed by atoms with Crippen LogP contribution < -0.4 is 5.32 Å². The number of aromatic nitrogens is 2. The Labute approximate surface area is 124 Å². The molecule has 0 amide bonds. The number of nitrogens with one attached hydrogen (secondary N) is 1. The van der Waals surface area contributed by atoms with Crippen LogP contribution in [0.3, 0.4) is 0 Å². The van der Waals surface area contributed by atoms with Gasteiger partial charge in [0.25, 0.3) is 0 Å². The SMILES string of the molecule is CCOC(=O)c1cnn(C)c1CNc1cccc(CC)c1. The number of hydrogen-bond acceptors (Lipinski definition) is 4. The standard InChI is InChI=1S/C16H21N3O2/c1-4-12-7-6-8-13(9-12)17-11-15-14(10-18-19(15)3)16(20)21-5-2/h6-10,17H,4-5,11H2,1-3H3. The zero-order valence-corrected chi connectivity index (χ0v) is 12.7. The van der Waals surface area contributed by atoms with Gasteiger partial charge in [-0.1, -0.05) is 19.1 Å². The van der Waals surface area contributed by atoms with Crippen molar-refractivity contribution in [3.05, 3.63) is 47.3 Å². The maximum Gasteiger partial charge on any atom is 0.341 e. The van der Waals surface area contributed by atoms with E-state index >= 15 is 0 Å². The summed E-state index contributed by atoms with van der Waals surface area (Å²) in [5.41, 5.74) is 3.63. The molecule has 0 aliphatic rings. The normalized spacial score (nSPS) is 10.4. The molecule has 1 aromatic carbocycles. The van der Waals surface area contributed by atoms with Gasteiger partial charge in [0.15, 0.2) is 0 Å². The summed E-state index contributed by atoms with van der Waals surface area (Å²) in [5, 5.41) is 7.47. The molecule has 0 spiro atoms. The summed E-state index contributed by atoms with van der Waals surface area (Å²) < 4.78 is 6.75. The van der Waals surface area contributed by atoms with Gasteiger partial charge in [0, 0.05) is 12.7 Å². The highest BCUT2D eigenvalue weighted by molar-refractivity contribution is 5.90. The fourth-order valence-corrected chi connectivity index (χ4v) is 2.14. The van der Waals surface area contributed by atoms with Gasteiger partial charge in [-0.05, 0) is 31.0 Å². The highest BCUT2D eigenvalue weighted by Crippen LogP contribution is 2.15. The van der Waals surface area contributed by atoms with Crippen LogP contribution in [0.4, 0.5) is 5.69 Å². The second-order valence-corrected chi connectivity index (χ2v) is 4.76. The third kappa shape index (κ3) is 3.62. The van der Waals surface area contributed by atoms with Gasteiger partial charge in [-0.2, -0.15) is 5.10 Å². The molecule has 1 aromatic heterocycles. The van der Waals surface area contributed by atoms with Crippen molar-refractivity contribution < 1.29 is 9.53 Å². The number of anilines is 1. The molecule has 5 nitrogen and oxygen atoms in total. The Bertz CT molecular complexity index is 620. The van der Waals surface area contributed by atoms with Crippen LogP contribution >= 0.6 is 0 Å². The van der Waals surface area contributed by atoms with Crippen LogP contribution in [0.2, 0.25) is 0 Å². The molecule has 1 N–H and O–H groups in total. The molecular formula is C16H21N3O2. The van der Waals surface area contributed by atoms with Crippen molar-refractivity contribution in [3.8, 4) is 0 Å². The minimum absolute atomic E-state index is 0.329. The van der Waals surface area contributed by atoms with Gasteiger partial charge in [0.1, 0.15) is 5.56 Å². The van der Waals surface area contributed by atoms with Crippen molar-refractivity contribution in [2.24, 2.45) is 7.05 Å². The molecule has 0 aliphatic heterocycles. The monoisotopic (exact) mass is 287 g/mol. The van der Waals surface area contributed by atoms with Crippen molar-refractivity contribution in [2.75, 3.05) is 11.9 Å². The highest BCUT2D eigenvalue weighted by atomic mass is 16.5. The molecule has 0 bridgehead atoms. The minimum atomic E-state index is -0.329. The summed E-state index contributed by atoms with van der Waals surface area (Å²) in [6, 6.07) is 8.25. The fourth-order valence-electron chi connectivity index (χ4n) is 2.14. The first kappa shape index (κ1) is 15.1. The number of ether oxygens (including phenoxy) is 1. The Morgan fingerprint density at radius 1 is 1.38 bits per heavy atom. The lowest BCUT2D eigenvalue weighted by Gasteiger charge is -2.10. The number of benzene rings is 1. The van der Waals surface area contributed by atoms with E-state index in [9.17, 15) is 4.79 Å². The number of rotatable bonds is 6. The first-order valence-electron chi connectivity index (χ1n) is 7.16. The van der Waals surface area contributed by atoms with E-state index in [1.165, 1.54) is 5.56 Å². The molecule has 5 heteroatoms. The van der Waals surface area contributed by atoms with Gasteiger partial charge in [-0.25, -0.2) is 4.79 Å². The average molecular weight is 287 g/mol.